The van der Waals surface area contributed by atoms with Crippen LogP contribution in [0.15, 0.2) is 21.9 Å². The van der Waals surface area contributed by atoms with E-state index < -0.39 is 10.0 Å². The third-order valence-corrected chi connectivity index (χ3v) is 4.14. The van der Waals surface area contributed by atoms with Gasteiger partial charge in [-0.25, -0.2) is 8.42 Å². The summed E-state index contributed by atoms with van der Waals surface area (Å²) in [5.41, 5.74) is 0.506. The Balaban J connectivity index is 2.71. The molecule has 0 aliphatic carbocycles. The number of anilines is 1. The summed E-state index contributed by atoms with van der Waals surface area (Å²) >= 11 is 9.86. The van der Waals surface area contributed by atoms with Crippen molar-refractivity contribution in [3.05, 3.63) is 17.2 Å². The van der Waals surface area contributed by atoms with Crippen molar-refractivity contribution in [2.24, 2.45) is 0 Å². The van der Waals surface area contributed by atoms with E-state index in [1.807, 2.05) is 0 Å². The van der Waals surface area contributed by atoms with Gasteiger partial charge in [-0.05, 0) is 12.1 Å². The van der Waals surface area contributed by atoms with E-state index >= 15 is 0 Å². The number of hydrogen-bond donors (Lipinski definition) is 3. The molecule has 0 amide bonds. The van der Waals surface area contributed by atoms with Crippen LogP contribution < -0.4 is 10.0 Å². The molecular weight excluding hydrogens is 244 g/mol. The second-order valence-electron chi connectivity index (χ2n) is 2.80. The van der Waals surface area contributed by atoms with Gasteiger partial charge >= 0.3 is 0 Å². The van der Waals surface area contributed by atoms with Gasteiger partial charge in [0.25, 0.3) is 0 Å². The Labute approximate surface area is 92.1 Å². The maximum atomic E-state index is 11.5. The lowest BCUT2D eigenvalue weighted by Gasteiger charge is -2.19. The first kappa shape index (κ1) is 10.1. The van der Waals surface area contributed by atoms with Crippen LogP contribution in [0.3, 0.4) is 0 Å². The zero-order chi connectivity index (χ0) is 10.3. The maximum absolute atomic E-state index is 11.5. The molecule has 0 bridgehead atoms. The third-order valence-electron chi connectivity index (χ3n) is 1.88. The van der Waals surface area contributed by atoms with Crippen LogP contribution in [0.2, 0.25) is 5.02 Å². The van der Waals surface area contributed by atoms with Crippen LogP contribution in [0, 0.1) is 0 Å². The van der Waals surface area contributed by atoms with Gasteiger partial charge in [0.05, 0.1) is 17.4 Å². The minimum absolute atomic E-state index is 0.178. The van der Waals surface area contributed by atoms with E-state index in [-0.39, 0.29) is 11.6 Å². The quantitative estimate of drug-likeness (QED) is 0.608. The van der Waals surface area contributed by atoms with Crippen molar-refractivity contribution in [3.63, 3.8) is 0 Å². The van der Waals surface area contributed by atoms with E-state index in [9.17, 15) is 8.42 Å². The van der Waals surface area contributed by atoms with Crippen molar-refractivity contribution in [1.29, 1.82) is 0 Å². The Kier molecular flexibility index (Phi) is 2.38. The minimum Gasteiger partial charge on any atom is -0.370 e. The van der Waals surface area contributed by atoms with E-state index in [1.54, 1.807) is 6.07 Å². The van der Waals surface area contributed by atoms with E-state index in [4.69, 9.17) is 11.6 Å². The first-order valence-electron chi connectivity index (χ1n) is 3.77. The van der Waals surface area contributed by atoms with Gasteiger partial charge < -0.3 is 5.32 Å². The topological polar surface area (TPSA) is 58.2 Å². The molecule has 2 N–H and O–H groups in total. The fourth-order valence-electron chi connectivity index (χ4n) is 1.21. The lowest BCUT2D eigenvalue weighted by atomic mass is 10.3. The predicted octanol–water partition coefficient (Wildman–Crippen LogP) is 1.29. The molecule has 2 rings (SSSR count). The molecule has 0 saturated carbocycles. The molecule has 1 heterocycles. The molecule has 0 radical (unpaired) electrons. The second-order valence-corrected chi connectivity index (χ2v) is 5.43. The number of halogens is 1. The van der Waals surface area contributed by atoms with Gasteiger partial charge in [-0.2, -0.15) is 4.72 Å². The van der Waals surface area contributed by atoms with E-state index in [2.05, 4.69) is 22.7 Å². The first-order chi connectivity index (χ1) is 6.50. The Bertz CT molecular complexity index is 487. The Morgan fingerprint density at radius 2 is 2.14 bits per heavy atom. The lowest BCUT2D eigenvalue weighted by molar-refractivity contribution is 0.581. The molecule has 76 valence electrons. The highest BCUT2D eigenvalue weighted by Crippen LogP contribution is 2.31. The smallest absolute Gasteiger partial charge is 0.244 e. The molecule has 1 aliphatic rings. The predicted molar refractivity (Wildman–Crippen MR) is 57.5 cm³/mol. The van der Waals surface area contributed by atoms with Crippen LogP contribution in [0.4, 0.5) is 5.69 Å². The number of rotatable bonds is 0. The van der Waals surface area contributed by atoms with Gasteiger partial charge in [-0.1, -0.05) is 11.6 Å². The van der Waals surface area contributed by atoms with Gasteiger partial charge in [-0.15, -0.1) is 12.6 Å². The standard InChI is InChI=1S/C7H7ClN2O2S2/c8-4-1-5-7(2-6(4)13)14(11,12)10-3-9-5/h1-2,9-10,13H,3H2. The Morgan fingerprint density at radius 3 is 2.86 bits per heavy atom. The largest absolute Gasteiger partial charge is 0.370 e. The molecule has 0 spiro atoms. The van der Waals surface area contributed by atoms with Crippen LogP contribution in [0.1, 0.15) is 0 Å². The molecular formula is C7H7ClN2O2S2. The van der Waals surface area contributed by atoms with Gasteiger partial charge in [-0.3, -0.25) is 0 Å². The summed E-state index contributed by atoms with van der Waals surface area (Å²) in [5, 5.41) is 3.31. The Hall–Kier alpha value is -0.430. The molecule has 0 saturated heterocycles. The number of sulfonamides is 1. The van der Waals surface area contributed by atoms with E-state index in [0.29, 0.717) is 15.6 Å². The maximum Gasteiger partial charge on any atom is 0.244 e. The molecule has 0 atom stereocenters. The van der Waals surface area contributed by atoms with Crippen LogP contribution in [-0.2, 0) is 10.0 Å². The average molecular weight is 251 g/mol. The summed E-state index contributed by atoms with van der Waals surface area (Å²) in [5.74, 6) is 0. The van der Waals surface area contributed by atoms with Gasteiger partial charge in [0.2, 0.25) is 10.0 Å². The molecule has 0 fully saturated rings. The fraction of sp³-hybridized carbons (Fsp3) is 0.143. The highest BCUT2D eigenvalue weighted by Gasteiger charge is 2.23. The van der Waals surface area contributed by atoms with Crippen molar-refractivity contribution in [3.8, 4) is 0 Å². The zero-order valence-electron chi connectivity index (χ0n) is 6.91. The minimum atomic E-state index is -3.40. The van der Waals surface area contributed by atoms with Gasteiger partial charge in [0.1, 0.15) is 4.90 Å². The van der Waals surface area contributed by atoms with Crippen LogP contribution in [0.25, 0.3) is 0 Å². The molecule has 14 heavy (non-hydrogen) atoms. The van der Waals surface area contributed by atoms with Crippen molar-refractivity contribution in [1.82, 2.24) is 4.72 Å². The summed E-state index contributed by atoms with van der Waals surface area (Å²) in [7, 11) is -3.40. The van der Waals surface area contributed by atoms with Crippen molar-refractivity contribution >= 4 is 39.9 Å². The number of thiol groups is 1. The average Bonchev–Trinajstić information content (AvgIpc) is 2.08. The molecule has 0 unspecified atom stereocenters. The molecule has 1 aliphatic heterocycles. The summed E-state index contributed by atoms with van der Waals surface area (Å²) < 4.78 is 25.4. The fourth-order valence-corrected chi connectivity index (χ4v) is 2.76. The van der Waals surface area contributed by atoms with Crippen LogP contribution in [-0.4, -0.2) is 15.1 Å². The third kappa shape index (κ3) is 1.58. The van der Waals surface area contributed by atoms with Gasteiger partial charge in [0.15, 0.2) is 0 Å². The van der Waals surface area contributed by atoms with Crippen LogP contribution >= 0.6 is 24.2 Å². The normalized spacial score (nSPS) is 18.4. The number of benzene rings is 1. The highest BCUT2D eigenvalue weighted by atomic mass is 35.5. The summed E-state index contributed by atoms with van der Waals surface area (Å²) in [6, 6.07) is 2.98. The molecule has 4 nitrogen and oxygen atoms in total. The van der Waals surface area contributed by atoms with E-state index in [0.717, 1.165) is 0 Å². The lowest BCUT2D eigenvalue weighted by Crippen LogP contribution is -2.34. The van der Waals surface area contributed by atoms with Crippen molar-refractivity contribution in [2.45, 2.75) is 9.79 Å². The number of nitrogens with one attached hydrogen (secondary N) is 2. The van der Waals surface area contributed by atoms with E-state index in [1.165, 1.54) is 6.07 Å². The second kappa shape index (κ2) is 3.30. The molecule has 1 aromatic rings. The highest BCUT2D eigenvalue weighted by molar-refractivity contribution is 7.89. The van der Waals surface area contributed by atoms with Crippen molar-refractivity contribution < 1.29 is 8.42 Å². The number of hydrogen-bond acceptors (Lipinski definition) is 4. The molecule has 0 aromatic heterocycles. The Morgan fingerprint density at radius 1 is 1.43 bits per heavy atom. The first-order valence-corrected chi connectivity index (χ1v) is 6.07. The summed E-state index contributed by atoms with van der Waals surface area (Å²) in [4.78, 5) is 0.623. The van der Waals surface area contributed by atoms with Crippen molar-refractivity contribution in [2.75, 3.05) is 12.0 Å². The SMILES string of the molecule is O=S1(=O)NCNc2cc(Cl)c(S)cc21. The van der Waals surface area contributed by atoms with Gasteiger partial charge in [0, 0.05) is 4.90 Å². The zero-order valence-corrected chi connectivity index (χ0v) is 9.38. The molecule has 1 aromatic carbocycles. The summed E-state index contributed by atoms with van der Waals surface area (Å²) in [6.07, 6.45) is 0. The summed E-state index contributed by atoms with van der Waals surface area (Å²) in [6.45, 7) is 0.178. The monoisotopic (exact) mass is 250 g/mol. The number of fused-ring (bicyclic) bond motifs is 1. The molecule has 7 heteroatoms. The van der Waals surface area contributed by atoms with Crippen LogP contribution in [0.5, 0.6) is 0 Å².